The molecule has 0 aliphatic rings. The Balaban J connectivity index is 2.19. The van der Waals surface area contributed by atoms with Crippen LogP contribution in [-0.4, -0.2) is 23.5 Å². The van der Waals surface area contributed by atoms with Crippen LogP contribution in [0.1, 0.15) is 27.6 Å². The molecule has 0 bridgehead atoms. The van der Waals surface area contributed by atoms with E-state index in [0.29, 0.717) is 10.6 Å². The molecular formula is C13H12N2O4S. The molecule has 2 N–H and O–H groups in total. The third-order valence-electron chi connectivity index (χ3n) is 2.42. The van der Waals surface area contributed by atoms with Gasteiger partial charge in [-0.3, -0.25) is 9.59 Å². The molecule has 0 spiro atoms. The Bertz CT molecular complexity index is 689. The second kappa shape index (κ2) is 6.16. The molecule has 0 saturated heterocycles. The minimum absolute atomic E-state index is 0.219. The maximum Gasteiger partial charge on any atom is 0.341 e. The van der Waals surface area contributed by atoms with Crippen molar-refractivity contribution in [1.82, 2.24) is 4.98 Å². The largest absolute Gasteiger partial charge is 0.462 e. The molecule has 2 aromatic rings. The van der Waals surface area contributed by atoms with Crippen molar-refractivity contribution in [3.05, 3.63) is 51.3 Å². The van der Waals surface area contributed by atoms with Crippen molar-refractivity contribution < 1.29 is 14.3 Å². The van der Waals surface area contributed by atoms with Crippen LogP contribution in [0.2, 0.25) is 0 Å². The maximum atomic E-state index is 12.0. The maximum absolute atomic E-state index is 12.0. The van der Waals surface area contributed by atoms with E-state index >= 15 is 0 Å². The number of hydrogen-bond donors (Lipinski definition) is 2. The summed E-state index contributed by atoms with van der Waals surface area (Å²) in [6, 6.07) is 4.25. The normalized spacial score (nSPS) is 10.1. The molecule has 2 rings (SSSR count). The monoisotopic (exact) mass is 292 g/mol. The Kier molecular flexibility index (Phi) is 4.31. The molecule has 0 fully saturated rings. The van der Waals surface area contributed by atoms with Gasteiger partial charge in [-0.15, -0.1) is 11.3 Å². The zero-order valence-corrected chi connectivity index (χ0v) is 11.5. The van der Waals surface area contributed by atoms with Gasteiger partial charge in [0, 0.05) is 17.8 Å². The van der Waals surface area contributed by atoms with Gasteiger partial charge in [-0.25, -0.2) is 4.79 Å². The summed E-state index contributed by atoms with van der Waals surface area (Å²) in [4.78, 5) is 37.2. The standard InChI is InChI=1S/C13H12N2O4S/c1-2-19-13(18)9-4-6-20-12(9)15-11(17)8-3-5-14-10(16)7-8/h3-7H,2H2,1H3,(H,14,16)(H,15,17). The number of esters is 1. The summed E-state index contributed by atoms with van der Waals surface area (Å²) in [5.74, 6) is -0.945. The average Bonchev–Trinajstić information content (AvgIpc) is 2.87. The van der Waals surface area contributed by atoms with Crippen LogP contribution >= 0.6 is 11.3 Å². The van der Waals surface area contributed by atoms with E-state index in [1.165, 1.54) is 29.7 Å². The van der Waals surface area contributed by atoms with Crippen molar-refractivity contribution >= 4 is 28.2 Å². The summed E-state index contributed by atoms with van der Waals surface area (Å²) in [6.45, 7) is 1.97. The lowest BCUT2D eigenvalue weighted by atomic mass is 10.2. The molecule has 2 aromatic heterocycles. The molecule has 2 heterocycles. The number of aromatic amines is 1. The van der Waals surface area contributed by atoms with Crippen LogP contribution < -0.4 is 10.9 Å². The second-order valence-corrected chi connectivity index (χ2v) is 4.70. The van der Waals surface area contributed by atoms with E-state index in [0.717, 1.165) is 0 Å². The van der Waals surface area contributed by atoms with E-state index in [-0.39, 0.29) is 17.7 Å². The molecule has 0 saturated carbocycles. The van der Waals surface area contributed by atoms with E-state index in [9.17, 15) is 14.4 Å². The molecule has 0 unspecified atom stereocenters. The molecule has 0 aromatic carbocycles. The highest BCUT2D eigenvalue weighted by molar-refractivity contribution is 7.14. The molecule has 0 aliphatic carbocycles. The molecule has 1 amide bonds. The zero-order chi connectivity index (χ0) is 14.5. The van der Waals surface area contributed by atoms with Gasteiger partial charge in [0.05, 0.1) is 12.2 Å². The lowest BCUT2D eigenvalue weighted by Gasteiger charge is -2.05. The third-order valence-corrected chi connectivity index (χ3v) is 3.25. The van der Waals surface area contributed by atoms with Crippen LogP contribution in [0.3, 0.4) is 0 Å². The number of H-pyrrole nitrogens is 1. The van der Waals surface area contributed by atoms with Crippen LogP contribution in [0.4, 0.5) is 5.00 Å². The SMILES string of the molecule is CCOC(=O)c1ccsc1NC(=O)c1cc[nH]c(=O)c1. The highest BCUT2D eigenvalue weighted by Crippen LogP contribution is 2.24. The first-order valence-corrected chi connectivity index (χ1v) is 6.74. The Morgan fingerprint density at radius 2 is 2.20 bits per heavy atom. The lowest BCUT2D eigenvalue weighted by Crippen LogP contribution is -2.16. The number of aromatic nitrogens is 1. The highest BCUT2D eigenvalue weighted by Gasteiger charge is 2.16. The fraction of sp³-hybridized carbons (Fsp3) is 0.154. The number of carbonyl (C=O) groups is 2. The van der Waals surface area contributed by atoms with Crippen molar-refractivity contribution in [2.45, 2.75) is 6.92 Å². The van der Waals surface area contributed by atoms with Crippen molar-refractivity contribution in [2.24, 2.45) is 0 Å². The van der Waals surface area contributed by atoms with Crippen molar-refractivity contribution in [3.8, 4) is 0 Å². The van der Waals surface area contributed by atoms with E-state index < -0.39 is 11.9 Å². The van der Waals surface area contributed by atoms with Gasteiger partial charge in [-0.2, -0.15) is 0 Å². The number of rotatable bonds is 4. The second-order valence-electron chi connectivity index (χ2n) is 3.78. The number of pyridine rings is 1. The Labute approximate surface area is 118 Å². The number of ether oxygens (including phenoxy) is 1. The van der Waals surface area contributed by atoms with Gasteiger partial charge in [-0.1, -0.05) is 0 Å². The predicted molar refractivity (Wildman–Crippen MR) is 75.3 cm³/mol. The number of carbonyl (C=O) groups excluding carboxylic acids is 2. The molecule has 0 radical (unpaired) electrons. The van der Waals surface area contributed by atoms with Gasteiger partial charge < -0.3 is 15.0 Å². The van der Waals surface area contributed by atoms with Crippen molar-refractivity contribution in [1.29, 1.82) is 0 Å². The van der Waals surface area contributed by atoms with Crippen molar-refractivity contribution in [2.75, 3.05) is 11.9 Å². The van der Waals surface area contributed by atoms with Gasteiger partial charge in [0.1, 0.15) is 5.00 Å². The molecule has 7 heteroatoms. The van der Waals surface area contributed by atoms with E-state index in [1.54, 1.807) is 18.4 Å². The first-order valence-electron chi connectivity index (χ1n) is 5.86. The van der Waals surface area contributed by atoms with Gasteiger partial charge in [0.2, 0.25) is 5.56 Å². The Morgan fingerprint density at radius 1 is 1.40 bits per heavy atom. The zero-order valence-electron chi connectivity index (χ0n) is 10.6. The number of amides is 1. The highest BCUT2D eigenvalue weighted by atomic mass is 32.1. The fourth-order valence-electron chi connectivity index (χ4n) is 1.54. The average molecular weight is 292 g/mol. The number of hydrogen-bond acceptors (Lipinski definition) is 5. The fourth-order valence-corrected chi connectivity index (χ4v) is 2.31. The smallest absolute Gasteiger partial charge is 0.341 e. The summed E-state index contributed by atoms with van der Waals surface area (Å²) < 4.78 is 4.89. The topological polar surface area (TPSA) is 88.3 Å². The molecule has 6 nitrogen and oxygen atoms in total. The molecule has 104 valence electrons. The third kappa shape index (κ3) is 3.12. The first kappa shape index (κ1) is 14.0. The van der Waals surface area contributed by atoms with Gasteiger partial charge >= 0.3 is 5.97 Å². The molecule has 0 aliphatic heterocycles. The van der Waals surface area contributed by atoms with Gasteiger partial charge in [0.25, 0.3) is 5.91 Å². The summed E-state index contributed by atoms with van der Waals surface area (Å²) >= 11 is 1.21. The first-order chi connectivity index (χ1) is 9.61. The Morgan fingerprint density at radius 3 is 2.90 bits per heavy atom. The van der Waals surface area contributed by atoms with Crippen LogP contribution in [-0.2, 0) is 4.74 Å². The lowest BCUT2D eigenvalue weighted by molar-refractivity contribution is 0.0528. The van der Waals surface area contributed by atoms with Crippen molar-refractivity contribution in [3.63, 3.8) is 0 Å². The molecule has 0 atom stereocenters. The minimum Gasteiger partial charge on any atom is -0.462 e. The number of thiophene rings is 1. The van der Waals surface area contributed by atoms with Crippen LogP contribution in [0.25, 0.3) is 0 Å². The Hall–Kier alpha value is -2.41. The number of nitrogens with one attached hydrogen (secondary N) is 2. The van der Waals surface area contributed by atoms with Gasteiger partial charge in [-0.05, 0) is 24.4 Å². The van der Waals surface area contributed by atoms with E-state index in [4.69, 9.17) is 4.74 Å². The van der Waals surface area contributed by atoms with Gasteiger partial charge in [0.15, 0.2) is 0 Å². The summed E-state index contributed by atoms with van der Waals surface area (Å²) in [7, 11) is 0. The summed E-state index contributed by atoms with van der Waals surface area (Å²) in [6.07, 6.45) is 1.39. The summed E-state index contributed by atoms with van der Waals surface area (Å²) in [5.41, 5.74) is 0.154. The van der Waals surface area contributed by atoms with E-state index in [1.807, 2.05) is 0 Å². The minimum atomic E-state index is -0.491. The van der Waals surface area contributed by atoms with Crippen LogP contribution in [0.5, 0.6) is 0 Å². The molecule has 20 heavy (non-hydrogen) atoms. The van der Waals surface area contributed by atoms with Crippen LogP contribution in [0.15, 0.2) is 34.6 Å². The van der Waals surface area contributed by atoms with E-state index in [2.05, 4.69) is 10.3 Å². The van der Waals surface area contributed by atoms with Crippen LogP contribution in [0, 0.1) is 0 Å². The number of anilines is 1. The predicted octanol–water partition coefficient (Wildman–Crippen LogP) is 1.87. The quantitative estimate of drug-likeness (QED) is 0.842. The molecular weight excluding hydrogens is 280 g/mol. The summed E-state index contributed by atoms with van der Waals surface area (Å²) in [5, 5.41) is 4.68.